The molecular formula is C15H18N2O3. The van der Waals surface area contributed by atoms with E-state index in [0.717, 1.165) is 0 Å². The molecule has 1 aromatic carbocycles. The summed E-state index contributed by atoms with van der Waals surface area (Å²) in [6.45, 7) is 3.73. The van der Waals surface area contributed by atoms with E-state index in [-0.39, 0.29) is 12.5 Å². The molecule has 0 aromatic heterocycles. The number of carboxylic acid groups (broad SMARTS) is 1. The number of carbonyl (C=O) groups is 2. The van der Waals surface area contributed by atoms with Gasteiger partial charge in [0.05, 0.1) is 18.5 Å². The summed E-state index contributed by atoms with van der Waals surface area (Å²) in [5.41, 5.74) is 0.326. The molecule has 0 bridgehead atoms. The lowest BCUT2D eigenvalue weighted by atomic mass is 9.85. The fourth-order valence-electron chi connectivity index (χ4n) is 1.55. The maximum atomic E-state index is 11.5. The zero-order valence-corrected chi connectivity index (χ0v) is 11.6. The number of nitrogens with one attached hydrogen (secondary N) is 2. The average molecular weight is 274 g/mol. The molecule has 0 saturated heterocycles. The zero-order valence-electron chi connectivity index (χ0n) is 11.6. The summed E-state index contributed by atoms with van der Waals surface area (Å²) in [6, 6.07) is 6.75. The molecule has 0 fully saturated rings. The molecule has 0 aliphatic rings. The number of aliphatic carboxylic acids is 1. The lowest BCUT2D eigenvalue weighted by Crippen LogP contribution is -2.29. The predicted molar refractivity (Wildman–Crippen MR) is 77.4 cm³/mol. The molecule has 106 valence electrons. The zero-order chi connectivity index (χ0) is 15.2. The molecule has 0 aliphatic heterocycles. The van der Waals surface area contributed by atoms with Gasteiger partial charge in [0.1, 0.15) is 0 Å². The normalized spacial score (nSPS) is 10.7. The van der Waals surface area contributed by atoms with Crippen LogP contribution < -0.4 is 10.6 Å². The standard InChI is InChI=1S/C15H18N2O3/c1-4-9-16-10-13(18)17-12-7-5-11(6-8-12)15(2,3)14(19)20/h1,5-8,16H,9-10H2,2-3H3,(H,17,18)(H,19,20). The van der Waals surface area contributed by atoms with E-state index in [1.54, 1.807) is 38.1 Å². The molecule has 5 nitrogen and oxygen atoms in total. The quantitative estimate of drug-likeness (QED) is 0.538. The van der Waals surface area contributed by atoms with Crippen molar-refractivity contribution < 1.29 is 14.7 Å². The Labute approximate surface area is 118 Å². The Hall–Kier alpha value is -2.32. The first-order valence-corrected chi connectivity index (χ1v) is 6.16. The van der Waals surface area contributed by atoms with Crippen LogP contribution in [0, 0.1) is 12.3 Å². The highest BCUT2D eigenvalue weighted by Gasteiger charge is 2.29. The van der Waals surface area contributed by atoms with Gasteiger partial charge in [-0.1, -0.05) is 18.1 Å². The summed E-state index contributed by atoms with van der Waals surface area (Å²) in [4.78, 5) is 22.7. The van der Waals surface area contributed by atoms with E-state index in [1.807, 2.05) is 0 Å². The molecule has 0 saturated carbocycles. The predicted octanol–water partition coefficient (Wildman–Crippen LogP) is 1.21. The first-order valence-electron chi connectivity index (χ1n) is 6.16. The van der Waals surface area contributed by atoms with E-state index >= 15 is 0 Å². The van der Waals surface area contributed by atoms with Crippen LogP contribution in [0.3, 0.4) is 0 Å². The number of benzene rings is 1. The van der Waals surface area contributed by atoms with Gasteiger partial charge in [-0.3, -0.25) is 14.9 Å². The van der Waals surface area contributed by atoms with E-state index in [2.05, 4.69) is 16.6 Å². The topological polar surface area (TPSA) is 78.4 Å². The number of rotatable bonds is 6. The summed E-state index contributed by atoms with van der Waals surface area (Å²) in [5, 5.41) is 14.6. The summed E-state index contributed by atoms with van der Waals surface area (Å²) >= 11 is 0. The van der Waals surface area contributed by atoms with E-state index in [0.29, 0.717) is 17.8 Å². The average Bonchev–Trinajstić information content (AvgIpc) is 2.39. The lowest BCUT2D eigenvalue weighted by Gasteiger charge is -2.19. The molecule has 5 heteroatoms. The van der Waals surface area contributed by atoms with Gasteiger partial charge in [-0.05, 0) is 31.5 Å². The molecule has 0 unspecified atom stereocenters. The molecule has 20 heavy (non-hydrogen) atoms. The second-order valence-electron chi connectivity index (χ2n) is 4.86. The third-order valence-electron chi connectivity index (χ3n) is 2.94. The van der Waals surface area contributed by atoms with Gasteiger partial charge in [0, 0.05) is 5.69 Å². The van der Waals surface area contributed by atoms with Gasteiger partial charge in [-0.15, -0.1) is 6.42 Å². The Kier molecular flexibility index (Phi) is 5.30. The molecule has 1 rings (SSSR count). The van der Waals surface area contributed by atoms with Gasteiger partial charge in [0.2, 0.25) is 5.91 Å². The Balaban J connectivity index is 2.66. The molecule has 3 N–H and O–H groups in total. The minimum Gasteiger partial charge on any atom is -0.481 e. The SMILES string of the molecule is C#CCNCC(=O)Nc1ccc(C(C)(C)C(=O)O)cc1. The van der Waals surface area contributed by atoms with Gasteiger partial charge in [-0.2, -0.15) is 0 Å². The van der Waals surface area contributed by atoms with Crippen LogP contribution in [0.4, 0.5) is 5.69 Å². The van der Waals surface area contributed by atoms with E-state index in [1.165, 1.54) is 0 Å². The van der Waals surface area contributed by atoms with Crippen LogP contribution in [0.2, 0.25) is 0 Å². The van der Waals surface area contributed by atoms with Gasteiger partial charge in [-0.25, -0.2) is 0 Å². The smallest absolute Gasteiger partial charge is 0.313 e. The van der Waals surface area contributed by atoms with Crippen LogP contribution in [0.15, 0.2) is 24.3 Å². The molecule has 1 aromatic rings. The molecule has 0 atom stereocenters. The molecular weight excluding hydrogens is 256 g/mol. The molecule has 0 heterocycles. The Morgan fingerprint density at radius 2 is 1.90 bits per heavy atom. The summed E-state index contributed by atoms with van der Waals surface area (Å²) in [6.07, 6.45) is 5.06. The molecule has 0 spiro atoms. The third-order valence-corrected chi connectivity index (χ3v) is 2.94. The van der Waals surface area contributed by atoms with Gasteiger partial charge < -0.3 is 10.4 Å². The Bertz CT molecular complexity index is 527. The second-order valence-corrected chi connectivity index (χ2v) is 4.86. The van der Waals surface area contributed by atoms with Crippen molar-refractivity contribution in [3.63, 3.8) is 0 Å². The number of hydrogen-bond donors (Lipinski definition) is 3. The fraction of sp³-hybridized carbons (Fsp3) is 0.333. The maximum Gasteiger partial charge on any atom is 0.313 e. The van der Waals surface area contributed by atoms with E-state index in [9.17, 15) is 9.59 Å². The highest BCUT2D eigenvalue weighted by molar-refractivity contribution is 5.92. The monoisotopic (exact) mass is 274 g/mol. The van der Waals surface area contributed by atoms with Crippen molar-refractivity contribution in [3.05, 3.63) is 29.8 Å². The largest absolute Gasteiger partial charge is 0.481 e. The Morgan fingerprint density at radius 3 is 2.40 bits per heavy atom. The summed E-state index contributed by atoms with van der Waals surface area (Å²) in [5.74, 6) is 1.28. The highest BCUT2D eigenvalue weighted by Crippen LogP contribution is 2.24. The van der Waals surface area contributed by atoms with Crippen molar-refractivity contribution in [2.24, 2.45) is 0 Å². The highest BCUT2D eigenvalue weighted by atomic mass is 16.4. The van der Waals surface area contributed by atoms with Crippen LogP contribution in [0.1, 0.15) is 19.4 Å². The second kappa shape index (κ2) is 6.73. The minimum atomic E-state index is -0.961. The van der Waals surface area contributed by atoms with Crippen LogP contribution >= 0.6 is 0 Å². The molecule has 1 amide bonds. The molecule has 0 aliphatic carbocycles. The Morgan fingerprint density at radius 1 is 1.30 bits per heavy atom. The number of carboxylic acids is 1. The van der Waals surface area contributed by atoms with Crippen molar-refractivity contribution in [2.45, 2.75) is 19.3 Å². The maximum absolute atomic E-state index is 11.5. The van der Waals surface area contributed by atoms with Gasteiger partial charge in [0.15, 0.2) is 0 Å². The van der Waals surface area contributed by atoms with E-state index in [4.69, 9.17) is 11.5 Å². The summed E-state index contributed by atoms with van der Waals surface area (Å²) < 4.78 is 0. The van der Waals surface area contributed by atoms with Gasteiger partial charge >= 0.3 is 5.97 Å². The van der Waals surface area contributed by atoms with Crippen molar-refractivity contribution in [1.82, 2.24) is 5.32 Å². The van der Waals surface area contributed by atoms with Crippen LogP contribution in [0.25, 0.3) is 0 Å². The van der Waals surface area contributed by atoms with Crippen molar-refractivity contribution in [2.75, 3.05) is 18.4 Å². The summed E-state index contributed by atoms with van der Waals surface area (Å²) in [7, 11) is 0. The lowest BCUT2D eigenvalue weighted by molar-refractivity contribution is -0.142. The first-order chi connectivity index (χ1) is 9.37. The van der Waals surface area contributed by atoms with Crippen molar-refractivity contribution >= 4 is 17.6 Å². The number of terminal acetylenes is 1. The van der Waals surface area contributed by atoms with E-state index < -0.39 is 11.4 Å². The number of carbonyl (C=O) groups excluding carboxylic acids is 1. The molecule has 0 radical (unpaired) electrons. The van der Waals surface area contributed by atoms with Crippen molar-refractivity contribution in [1.29, 1.82) is 0 Å². The van der Waals surface area contributed by atoms with Crippen LogP contribution in [-0.2, 0) is 15.0 Å². The fourth-order valence-corrected chi connectivity index (χ4v) is 1.55. The van der Waals surface area contributed by atoms with Crippen molar-refractivity contribution in [3.8, 4) is 12.3 Å². The van der Waals surface area contributed by atoms with Crippen LogP contribution in [-0.4, -0.2) is 30.1 Å². The minimum absolute atomic E-state index is 0.132. The third kappa shape index (κ3) is 4.11. The number of anilines is 1. The number of amides is 1. The van der Waals surface area contributed by atoms with Gasteiger partial charge in [0.25, 0.3) is 0 Å². The van der Waals surface area contributed by atoms with Crippen LogP contribution in [0.5, 0.6) is 0 Å². The number of hydrogen-bond acceptors (Lipinski definition) is 3. The first kappa shape index (κ1) is 15.7.